The van der Waals surface area contributed by atoms with Gasteiger partial charge in [-0.3, -0.25) is 0 Å². The first-order chi connectivity index (χ1) is 19.8. The third-order valence-electron chi connectivity index (χ3n) is 9.69. The van der Waals surface area contributed by atoms with Gasteiger partial charge in [-0.1, -0.05) is 0 Å². The Hall–Kier alpha value is -2.30. The normalized spacial score (nSPS) is 33.2. The second-order valence-corrected chi connectivity index (χ2v) is 15.2. The van der Waals surface area contributed by atoms with Gasteiger partial charge in [-0.15, -0.1) is 0 Å². The maximum absolute atomic E-state index is 15.0. The topological polar surface area (TPSA) is 101 Å². The number of alkyl halides is 3. The number of nitriles is 1. The molecule has 7 rings (SSSR count). The van der Waals surface area contributed by atoms with Crippen molar-refractivity contribution in [3.8, 4) is 12.1 Å². The molecule has 3 fully saturated rings. The first-order valence-electron chi connectivity index (χ1n) is 14.8. The molecule has 11 heteroatoms. The molecule has 4 atom stereocenters. The maximum atomic E-state index is 15.0. The van der Waals surface area contributed by atoms with Gasteiger partial charge in [0.05, 0.1) is 0 Å². The minimum absolute atomic E-state index is 0.124. The van der Waals surface area contributed by atoms with Gasteiger partial charge in [0.25, 0.3) is 0 Å². The molecule has 4 aliphatic heterocycles. The molecule has 1 aromatic heterocycles. The quantitative estimate of drug-likeness (QED) is 0.225. The molecule has 1 aliphatic carbocycles. The van der Waals surface area contributed by atoms with Gasteiger partial charge < -0.3 is 0 Å². The van der Waals surface area contributed by atoms with Crippen LogP contribution in [0.25, 0.3) is 0 Å². The van der Waals surface area contributed by atoms with Crippen LogP contribution < -0.4 is 35.3 Å². The predicted octanol–water partition coefficient (Wildman–Crippen LogP) is 1.50. The van der Waals surface area contributed by atoms with Crippen LogP contribution in [-0.2, 0) is 29.8 Å². The van der Waals surface area contributed by atoms with Gasteiger partial charge in [0, 0.05) is 0 Å². The summed E-state index contributed by atoms with van der Waals surface area (Å²) >= 11 is -0.898. The third-order valence-corrected chi connectivity index (χ3v) is 12.8. The van der Waals surface area contributed by atoms with Crippen molar-refractivity contribution in [2.45, 2.75) is 91.8 Å². The summed E-state index contributed by atoms with van der Waals surface area (Å²) < 4.78 is 42.4. The molecular weight excluding hydrogens is 641 g/mol. The van der Waals surface area contributed by atoms with Crippen LogP contribution in [0.5, 0.6) is 6.01 Å². The summed E-state index contributed by atoms with van der Waals surface area (Å²) in [4.78, 5) is 14.2. The van der Waals surface area contributed by atoms with E-state index in [2.05, 4.69) is 15.9 Å². The second kappa shape index (κ2) is 10.5. The van der Waals surface area contributed by atoms with Crippen molar-refractivity contribution in [1.82, 2.24) is 14.9 Å². The minimum atomic E-state index is -1.82. The number of aryl methyl sites for hydroxylation is 1. The molecule has 5 aliphatic rings. The number of hydrogen-bond donors (Lipinski definition) is 1. The van der Waals surface area contributed by atoms with Gasteiger partial charge in [0.2, 0.25) is 0 Å². The van der Waals surface area contributed by atoms with E-state index in [9.17, 15) is 9.65 Å². The summed E-state index contributed by atoms with van der Waals surface area (Å²) in [5, 5.41) is 9.43. The predicted molar refractivity (Wildman–Crippen MR) is 145 cm³/mol. The number of hydrogen-bond acceptors (Lipinski definition) is 8. The van der Waals surface area contributed by atoms with Gasteiger partial charge in [-0.2, -0.15) is 0 Å². The van der Waals surface area contributed by atoms with Crippen LogP contribution in [0.15, 0.2) is 18.2 Å². The molecule has 0 bridgehead atoms. The Morgan fingerprint density at radius 1 is 1.12 bits per heavy atom. The van der Waals surface area contributed by atoms with E-state index in [0.29, 0.717) is 57.3 Å². The SMILES string of the molecule is N#C[C@]1(F)CCCN(c2nc(O[I-]C34CCCN3C[C@H](F)C4)nc3c2CO[C@@]2(CCCc4ccc(N)cc42)C3)CC1. The molecule has 2 N–H and O–H groups in total. The number of halogens is 3. The molecule has 8 nitrogen and oxygen atoms in total. The molecule has 1 spiro atoms. The van der Waals surface area contributed by atoms with Crippen LogP contribution in [0.3, 0.4) is 0 Å². The van der Waals surface area contributed by atoms with Crippen LogP contribution in [-0.4, -0.2) is 56.4 Å². The first-order valence-corrected chi connectivity index (χ1v) is 16.8. The summed E-state index contributed by atoms with van der Waals surface area (Å²) in [6.45, 7) is 2.72. The van der Waals surface area contributed by atoms with Crippen molar-refractivity contribution >= 4 is 11.5 Å². The van der Waals surface area contributed by atoms with E-state index < -0.39 is 39.1 Å². The van der Waals surface area contributed by atoms with E-state index in [0.717, 1.165) is 61.2 Å². The van der Waals surface area contributed by atoms with E-state index in [1.165, 1.54) is 5.56 Å². The van der Waals surface area contributed by atoms with E-state index >= 15 is 4.39 Å². The van der Waals surface area contributed by atoms with Gasteiger partial charge in [-0.25, -0.2) is 0 Å². The van der Waals surface area contributed by atoms with Crippen molar-refractivity contribution in [3.63, 3.8) is 0 Å². The zero-order valence-electron chi connectivity index (χ0n) is 23.2. The average molecular weight is 678 g/mol. The molecule has 1 aromatic carbocycles. The molecule has 1 unspecified atom stereocenters. The number of benzene rings is 1. The average Bonchev–Trinajstić information content (AvgIpc) is 3.41. The van der Waals surface area contributed by atoms with Crippen molar-refractivity contribution in [2.75, 3.05) is 36.8 Å². The van der Waals surface area contributed by atoms with Crippen molar-refractivity contribution < 1.29 is 38.2 Å². The summed E-state index contributed by atoms with van der Waals surface area (Å²) in [5.41, 5.74) is 8.79. The van der Waals surface area contributed by atoms with E-state index in [1.54, 1.807) is 0 Å². The molecule has 2 aromatic rings. The van der Waals surface area contributed by atoms with E-state index in [-0.39, 0.29) is 16.4 Å². The van der Waals surface area contributed by atoms with Crippen LogP contribution in [0.1, 0.15) is 73.8 Å². The van der Waals surface area contributed by atoms with Gasteiger partial charge >= 0.3 is 251 Å². The number of fused-ring (bicyclic) bond motifs is 4. The Morgan fingerprint density at radius 2 is 2.00 bits per heavy atom. The zero-order valence-corrected chi connectivity index (χ0v) is 25.3. The summed E-state index contributed by atoms with van der Waals surface area (Å²) in [5.74, 6) is 0.713. The molecule has 0 saturated carbocycles. The molecule has 41 heavy (non-hydrogen) atoms. The van der Waals surface area contributed by atoms with Crippen LogP contribution in [0.2, 0.25) is 0 Å². The monoisotopic (exact) mass is 677 g/mol. The number of rotatable bonds is 4. The number of nitrogens with zero attached hydrogens (tertiary/aromatic N) is 5. The molecule has 0 radical (unpaired) electrons. The fourth-order valence-electron chi connectivity index (χ4n) is 7.56. The Balaban J connectivity index is 1.24. The second-order valence-electron chi connectivity index (χ2n) is 12.3. The Bertz CT molecular complexity index is 1390. The molecule has 220 valence electrons. The fraction of sp³-hybridized carbons (Fsp3) is 0.633. The molecular formula is C30H36F2IN6O2-. The third kappa shape index (κ3) is 4.93. The Morgan fingerprint density at radius 3 is 2.88 bits per heavy atom. The van der Waals surface area contributed by atoms with E-state index in [4.69, 9.17) is 23.5 Å². The summed E-state index contributed by atoms with van der Waals surface area (Å²) in [6.07, 6.45) is 6.07. The fourth-order valence-corrected chi connectivity index (χ4v) is 10.3. The summed E-state index contributed by atoms with van der Waals surface area (Å²) in [6, 6.07) is 8.31. The van der Waals surface area contributed by atoms with Crippen molar-refractivity contribution in [2.24, 2.45) is 0 Å². The van der Waals surface area contributed by atoms with Crippen LogP contribution in [0, 0.1) is 11.3 Å². The zero-order chi connectivity index (χ0) is 28.2. The van der Waals surface area contributed by atoms with Crippen LogP contribution >= 0.6 is 0 Å². The first kappa shape index (κ1) is 27.5. The van der Waals surface area contributed by atoms with E-state index in [1.807, 2.05) is 18.2 Å². The standard InChI is InChI=1S/C30H36F2IN6O2/c31-21-15-30(9-3-12-39(30)17-21)33-41-27-36-25-16-29(8-1-4-20-5-6-22(35)14-24(20)29)40-18-23(25)26(37-27)38-11-2-7-28(32,19-34)10-13-38/h5-6,14,21H,1-4,7-13,15-18,35H2/q-1/t21-,28+,29+,30?/m1/s1. The molecule has 5 heterocycles. The van der Waals surface area contributed by atoms with Crippen molar-refractivity contribution in [3.05, 3.63) is 40.6 Å². The number of nitrogens with two attached hydrogens (primary N) is 1. The van der Waals surface area contributed by atoms with Gasteiger partial charge in [0.1, 0.15) is 0 Å². The van der Waals surface area contributed by atoms with Crippen LogP contribution in [0.4, 0.5) is 20.3 Å². The Labute approximate surface area is 250 Å². The summed E-state index contributed by atoms with van der Waals surface area (Å²) in [7, 11) is 0. The van der Waals surface area contributed by atoms with Gasteiger partial charge in [0.15, 0.2) is 0 Å². The Kier molecular flexibility index (Phi) is 7.02. The molecule has 0 amide bonds. The van der Waals surface area contributed by atoms with Crippen molar-refractivity contribution in [1.29, 1.82) is 5.26 Å². The number of aromatic nitrogens is 2. The number of anilines is 2. The number of nitrogen functional groups attached to an aromatic ring is 1. The molecule has 3 saturated heterocycles. The number of ether oxygens (including phenoxy) is 1. The van der Waals surface area contributed by atoms with Gasteiger partial charge in [-0.05, 0) is 0 Å².